The predicted octanol–water partition coefficient (Wildman–Crippen LogP) is 2.45. The van der Waals surface area contributed by atoms with E-state index >= 15 is 0 Å². The number of rotatable bonds is 4. The minimum atomic E-state index is 0.212. The summed E-state index contributed by atoms with van der Waals surface area (Å²) in [6, 6.07) is 0.212. The quantitative estimate of drug-likeness (QED) is 0.807. The molecule has 0 bridgehead atoms. The van der Waals surface area contributed by atoms with Gasteiger partial charge < -0.3 is 5.73 Å². The van der Waals surface area contributed by atoms with E-state index in [9.17, 15) is 0 Å². The third kappa shape index (κ3) is 2.78. The largest absolute Gasteiger partial charge is 0.327 e. The lowest BCUT2D eigenvalue weighted by Gasteiger charge is -2.29. The van der Waals surface area contributed by atoms with Crippen molar-refractivity contribution in [2.24, 2.45) is 11.1 Å². The van der Waals surface area contributed by atoms with Gasteiger partial charge >= 0.3 is 0 Å². The molecule has 1 unspecified atom stereocenters. The molecule has 0 radical (unpaired) electrons. The normalized spacial score (nSPS) is 14.5. The molecule has 0 spiro atoms. The van der Waals surface area contributed by atoms with Crippen LogP contribution in [0.4, 0.5) is 0 Å². The maximum atomic E-state index is 6.12. The Labute approximate surface area is 84.2 Å². The Balaban J connectivity index is 2.55. The van der Waals surface area contributed by atoms with E-state index in [0.717, 1.165) is 17.8 Å². The fourth-order valence-corrected chi connectivity index (χ4v) is 1.76. The van der Waals surface area contributed by atoms with Crippen molar-refractivity contribution >= 4 is 11.3 Å². The van der Waals surface area contributed by atoms with Crippen molar-refractivity contribution in [1.82, 2.24) is 4.98 Å². The number of thiazole rings is 1. The first-order chi connectivity index (χ1) is 6.06. The standard InChI is InChI=1S/C10H18N2S/c1-4-10(2,3)8(11)7-9-12-5-6-13-9/h5-6,8H,4,7,11H2,1-3H3. The van der Waals surface area contributed by atoms with Gasteiger partial charge in [-0.3, -0.25) is 0 Å². The number of nitrogens with zero attached hydrogens (tertiary/aromatic N) is 1. The van der Waals surface area contributed by atoms with Crippen molar-refractivity contribution in [1.29, 1.82) is 0 Å². The van der Waals surface area contributed by atoms with E-state index in [-0.39, 0.29) is 11.5 Å². The van der Waals surface area contributed by atoms with Crippen LogP contribution in [0, 0.1) is 5.41 Å². The van der Waals surface area contributed by atoms with Gasteiger partial charge in [0.2, 0.25) is 0 Å². The molecule has 0 aliphatic heterocycles. The van der Waals surface area contributed by atoms with Gasteiger partial charge in [-0.2, -0.15) is 0 Å². The summed E-state index contributed by atoms with van der Waals surface area (Å²) < 4.78 is 0. The van der Waals surface area contributed by atoms with E-state index < -0.39 is 0 Å². The van der Waals surface area contributed by atoms with Gasteiger partial charge in [0.15, 0.2) is 0 Å². The summed E-state index contributed by atoms with van der Waals surface area (Å²) in [4.78, 5) is 4.24. The van der Waals surface area contributed by atoms with E-state index in [1.165, 1.54) is 0 Å². The molecule has 1 aromatic rings. The van der Waals surface area contributed by atoms with Crippen molar-refractivity contribution in [3.63, 3.8) is 0 Å². The van der Waals surface area contributed by atoms with Crippen LogP contribution >= 0.6 is 11.3 Å². The van der Waals surface area contributed by atoms with Gasteiger partial charge in [-0.15, -0.1) is 11.3 Å². The summed E-state index contributed by atoms with van der Waals surface area (Å²) in [7, 11) is 0. The maximum Gasteiger partial charge on any atom is 0.0940 e. The van der Waals surface area contributed by atoms with Crippen LogP contribution in [0.2, 0.25) is 0 Å². The van der Waals surface area contributed by atoms with Crippen LogP contribution in [-0.4, -0.2) is 11.0 Å². The summed E-state index contributed by atoms with van der Waals surface area (Å²) in [6.07, 6.45) is 3.85. The van der Waals surface area contributed by atoms with Gasteiger partial charge in [-0.05, 0) is 11.8 Å². The molecule has 74 valence electrons. The number of hydrogen-bond donors (Lipinski definition) is 1. The van der Waals surface area contributed by atoms with Crippen LogP contribution in [0.1, 0.15) is 32.2 Å². The molecular weight excluding hydrogens is 180 g/mol. The number of hydrogen-bond acceptors (Lipinski definition) is 3. The molecule has 0 aliphatic rings. The fraction of sp³-hybridized carbons (Fsp3) is 0.700. The van der Waals surface area contributed by atoms with E-state index in [1.54, 1.807) is 11.3 Å². The van der Waals surface area contributed by atoms with Crippen molar-refractivity contribution in [3.05, 3.63) is 16.6 Å². The van der Waals surface area contributed by atoms with Crippen LogP contribution in [0.15, 0.2) is 11.6 Å². The topological polar surface area (TPSA) is 38.9 Å². The highest BCUT2D eigenvalue weighted by Gasteiger charge is 2.24. The van der Waals surface area contributed by atoms with Crippen LogP contribution in [0.25, 0.3) is 0 Å². The zero-order valence-electron chi connectivity index (χ0n) is 8.58. The molecule has 1 heterocycles. The Morgan fingerprint density at radius 3 is 2.77 bits per heavy atom. The van der Waals surface area contributed by atoms with E-state index in [4.69, 9.17) is 5.73 Å². The van der Waals surface area contributed by atoms with Crippen LogP contribution in [-0.2, 0) is 6.42 Å². The molecular formula is C10H18N2S. The lowest BCUT2D eigenvalue weighted by molar-refractivity contribution is 0.272. The Bertz CT molecular complexity index is 241. The van der Waals surface area contributed by atoms with Crippen LogP contribution in [0.3, 0.4) is 0 Å². The van der Waals surface area contributed by atoms with Crippen LogP contribution in [0.5, 0.6) is 0 Å². The third-order valence-electron chi connectivity index (χ3n) is 2.79. The molecule has 0 aromatic carbocycles. The van der Waals surface area contributed by atoms with Gasteiger partial charge in [0.05, 0.1) is 5.01 Å². The molecule has 0 fully saturated rings. The van der Waals surface area contributed by atoms with Gasteiger partial charge in [0.1, 0.15) is 0 Å². The smallest absolute Gasteiger partial charge is 0.0940 e. The van der Waals surface area contributed by atoms with Crippen LogP contribution < -0.4 is 5.73 Å². The summed E-state index contributed by atoms with van der Waals surface area (Å²) >= 11 is 1.69. The van der Waals surface area contributed by atoms with Crippen molar-refractivity contribution in [2.45, 2.75) is 39.7 Å². The average molecular weight is 198 g/mol. The van der Waals surface area contributed by atoms with E-state index in [2.05, 4.69) is 25.8 Å². The molecule has 1 aromatic heterocycles. The Hall–Kier alpha value is -0.410. The molecule has 0 aliphatic carbocycles. The molecule has 1 rings (SSSR count). The molecule has 2 nitrogen and oxygen atoms in total. The van der Waals surface area contributed by atoms with Gasteiger partial charge in [-0.1, -0.05) is 20.8 Å². The zero-order chi connectivity index (χ0) is 9.90. The molecule has 0 amide bonds. The molecule has 0 saturated carbocycles. The highest BCUT2D eigenvalue weighted by atomic mass is 32.1. The average Bonchev–Trinajstić information content (AvgIpc) is 2.57. The van der Waals surface area contributed by atoms with E-state index in [1.807, 2.05) is 11.6 Å². The fourth-order valence-electron chi connectivity index (χ4n) is 1.08. The summed E-state index contributed by atoms with van der Waals surface area (Å²) in [5, 5.41) is 3.15. The lowest BCUT2D eigenvalue weighted by Crippen LogP contribution is -2.38. The molecule has 0 saturated heterocycles. The summed E-state index contributed by atoms with van der Waals surface area (Å²) in [5.41, 5.74) is 6.33. The second kappa shape index (κ2) is 4.20. The summed E-state index contributed by atoms with van der Waals surface area (Å²) in [5.74, 6) is 0. The minimum absolute atomic E-state index is 0.212. The predicted molar refractivity (Wildman–Crippen MR) is 57.9 cm³/mol. The van der Waals surface area contributed by atoms with Crippen molar-refractivity contribution < 1.29 is 0 Å². The van der Waals surface area contributed by atoms with Gasteiger partial charge in [-0.25, -0.2) is 4.98 Å². The monoisotopic (exact) mass is 198 g/mol. The second-order valence-electron chi connectivity index (χ2n) is 4.08. The first-order valence-electron chi connectivity index (χ1n) is 4.70. The van der Waals surface area contributed by atoms with Crippen molar-refractivity contribution in [3.8, 4) is 0 Å². The SMILES string of the molecule is CCC(C)(C)C(N)Cc1nccs1. The first kappa shape index (κ1) is 10.7. The molecule has 3 heteroatoms. The third-order valence-corrected chi connectivity index (χ3v) is 3.59. The van der Waals surface area contributed by atoms with Crippen molar-refractivity contribution in [2.75, 3.05) is 0 Å². The highest BCUT2D eigenvalue weighted by molar-refractivity contribution is 7.09. The van der Waals surface area contributed by atoms with Gasteiger partial charge in [0.25, 0.3) is 0 Å². The maximum absolute atomic E-state index is 6.12. The lowest BCUT2D eigenvalue weighted by atomic mass is 9.81. The first-order valence-corrected chi connectivity index (χ1v) is 5.58. The molecule has 1 atom stereocenters. The molecule has 13 heavy (non-hydrogen) atoms. The Morgan fingerprint density at radius 2 is 2.31 bits per heavy atom. The number of aromatic nitrogens is 1. The van der Waals surface area contributed by atoms with Gasteiger partial charge in [0, 0.05) is 24.0 Å². The Kier molecular flexibility index (Phi) is 3.45. The number of nitrogens with two attached hydrogens (primary N) is 1. The summed E-state index contributed by atoms with van der Waals surface area (Å²) in [6.45, 7) is 6.61. The minimum Gasteiger partial charge on any atom is -0.327 e. The Morgan fingerprint density at radius 1 is 1.62 bits per heavy atom. The highest BCUT2D eigenvalue weighted by Crippen LogP contribution is 2.25. The molecule has 2 N–H and O–H groups in total. The zero-order valence-corrected chi connectivity index (χ0v) is 9.40. The second-order valence-corrected chi connectivity index (χ2v) is 5.06. The van der Waals surface area contributed by atoms with E-state index in [0.29, 0.717) is 0 Å².